The number of rotatable bonds is 1. The van der Waals surface area contributed by atoms with Crippen molar-refractivity contribution >= 4 is 11.3 Å². The molecule has 3 nitrogen and oxygen atoms in total. The minimum absolute atomic E-state index is 0.507. The van der Waals surface area contributed by atoms with Crippen molar-refractivity contribution in [3.63, 3.8) is 0 Å². The van der Waals surface area contributed by atoms with E-state index in [0.717, 1.165) is 0 Å². The maximum absolute atomic E-state index is 9.08. The van der Waals surface area contributed by atoms with Crippen LogP contribution in [0.25, 0.3) is 0 Å². The molecule has 10 heavy (non-hydrogen) atoms. The standard InChI is InChI=1S/C6H9NO2S/c1-4-5(6(2,8)9)10-3-7-4/h3,8-9H,1-2H3. The molecule has 1 rings (SSSR count). The normalized spacial score (nSPS) is 12.0. The first kappa shape index (κ1) is 7.65. The smallest absolute Gasteiger partial charge is 0.198 e. The first-order valence-electron chi connectivity index (χ1n) is 2.87. The molecule has 0 aliphatic heterocycles. The second kappa shape index (κ2) is 2.30. The molecule has 0 spiro atoms. The second-order valence-electron chi connectivity index (χ2n) is 2.29. The first-order valence-corrected chi connectivity index (χ1v) is 3.75. The molecule has 0 aromatic carbocycles. The fourth-order valence-corrected chi connectivity index (χ4v) is 1.52. The monoisotopic (exact) mass is 159 g/mol. The summed E-state index contributed by atoms with van der Waals surface area (Å²) >= 11 is 1.25. The van der Waals surface area contributed by atoms with E-state index in [2.05, 4.69) is 4.98 Å². The third kappa shape index (κ3) is 1.34. The Bertz CT molecular complexity index is 226. The first-order chi connectivity index (χ1) is 4.52. The molecule has 0 aliphatic carbocycles. The summed E-state index contributed by atoms with van der Waals surface area (Å²) in [5.41, 5.74) is 2.27. The molecule has 0 saturated carbocycles. The molecule has 0 fully saturated rings. The van der Waals surface area contributed by atoms with Gasteiger partial charge in [-0.2, -0.15) is 0 Å². The van der Waals surface area contributed by atoms with Gasteiger partial charge in [-0.15, -0.1) is 11.3 Å². The van der Waals surface area contributed by atoms with Gasteiger partial charge in [0.25, 0.3) is 0 Å². The SMILES string of the molecule is Cc1ncsc1C(C)(O)O. The molecule has 2 N–H and O–H groups in total. The number of thiazole rings is 1. The summed E-state index contributed by atoms with van der Waals surface area (Å²) < 4.78 is 0. The van der Waals surface area contributed by atoms with Gasteiger partial charge in [-0.25, -0.2) is 4.98 Å². The van der Waals surface area contributed by atoms with Crippen LogP contribution < -0.4 is 0 Å². The molecule has 1 aromatic heterocycles. The molecule has 0 aliphatic rings. The van der Waals surface area contributed by atoms with Crippen LogP contribution in [0.4, 0.5) is 0 Å². The van der Waals surface area contributed by atoms with Crippen LogP contribution in [0.5, 0.6) is 0 Å². The van der Waals surface area contributed by atoms with Gasteiger partial charge in [-0.3, -0.25) is 0 Å². The van der Waals surface area contributed by atoms with E-state index in [9.17, 15) is 0 Å². The van der Waals surface area contributed by atoms with E-state index >= 15 is 0 Å². The van der Waals surface area contributed by atoms with Crippen molar-refractivity contribution in [2.45, 2.75) is 19.6 Å². The zero-order valence-electron chi connectivity index (χ0n) is 5.83. The zero-order valence-corrected chi connectivity index (χ0v) is 6.64. The van der Waals surface area contributed by atoms with Crippen LogP contribution in [-0.2, 0) is 5.79 Å². The van der Waals surface area contributed by atoms with Crippen molar-refractivity contribution in [2.24, 2.45) is 0 Å². The number of aliphatic hydroxyl groups is 2. The Morgan fingerprint density at radius 3 is 2.40 bits per heavy atom. The Hall–Kier alpha value is -0.450. The van der Waals surface area contributed by atoms with Crippen molar-refractivity contribution in [1.82, 2.24) is 4.98 Å². The van der Waals surface area contributed by atoms with Crippen molar-refractivity contribution in [3.05, 3.63) is 16.1 Å². The van der Waals surface area contributed by atoms with Crippen molar-refractivity contribution in [2.75, 3.05) is 0 Å². The van der Waals surface area contributed by atoms with Gasteiger partial charge >= 0.3 is 0 Å². The number of aryl methyl sites for hydroxylation is 1. The lowest BCUT2D eigenvalue weighted by molar-refractivity contribution is -0.150. The predicted molar refractivity (Wildman–Crippen MR) is 38.6 cm³/mol. The number of nitrogens with zero attached hydrogens (tertiary/aromatic N) is 1. The van der Waals surface area contributed by atoms with Gasteiger partial charge < -0.3 is 10.2 Å². The van der Waals surface area contributed by atoms with E-state index in [1.165, 1.54) is 18.3 Å². The van der Waals surface area contributed by atoms with Crippen LogP contribution in [0.1, 0.15) is 17.5 Å². The summed E-state index contributed by atoms with van der Waals surface area (Å²) in [7, 11) is 0. The highest BCUT2D eigenvalue weighted by Crippen LogP contribution is 2.24. The third-order valence-corrected chi connectivity index (χ3v) is 2.30. The maximum Gasteiger partial charge on any atom is 0.198 e. The Balaban J connectivity index is 3.05. The van der Waals surface area contributed by atoms with Crippen molar-refractivity contribution in [1.29, 1.82) is 0 Å². The molecule has 0 saturated heterocycles. The molecule has 0 atom stereocenters. The lowest BCUT2D eigenvalue weighted by atomic mass is 10.2. The van der Waals surface area contributed by atoms with E-state index in [-0.39, 0.29) is 0 Å². The van der Waals surface area contributed by atoms with Crippen LogP contribution in [0.3, 0.4) is 0 Å². The predicted octanol–water partition coefficient (Wildman–Crippen LogP) is 0.609. The van der Waals surface area contributed by atoms with Crippen LogP contribution in [-0.4, -0.2) is 15.2 Å². The van der Waals surface area contributed by atoms with Crippen LogP contribution in [0.2, 0.25) is 0 Å². The molecule has 1 heterocycles. The van der Waals surface area contributed by atoms with Crippen LogP contribution in [0, 0.1) is 6.92 Å². The highest BCUT2D eigenvalue weighted by molar-refractivity contribution is 7.09. The van der Waals surface area contributed by atoms with Crippen LogP contribution in [0.15, 0.2) is 5.51 Å². The molecular weight excluding hydrogens is 150 g/mol. The molecule has 0 unspecified atom stereocenters. The van der Waals surface area contributed by atoms with E-state index < -0.39 is 5.79 Å². The van der Waals surface area contributed by atoms with E-state index in [1.54, 1.807) is 12.4 Å². The summed E-state index contributed by atoms with van der Waals surface area (Å²) in [5, 5.41) is 18.2. The van der Waals surface area contributed by atoms with Gasteiger partial charge in [-0.05, 0) is 13.8 Å². The van der Waals surface area contributed by atoms with Gasteiger partial charge in [-0.1, -0.05) is 0 Å². The van der Waals surface area contributed by atoms with E-state index in [0.29, 0.717) is 10.6 Å². The highest BCUT2D eigenvalue weighted by atomic mass is 32.1. The number of hydrogen-bond acceptors (Lipinski definition) is 4. The van der Waals surface area contributed by atoms with Gasteiger partial charge in [0, 0.05) is 0 Å². The van der Waals surface area contributed by atoms with Gasteiger partial charge in [0.2, 0.25) is 0 Å². The molecule has 1 aromatic rings. The largest absolute Gasteiger partial charge is 0.361 e. The summed E-state index contributed by atoms with van der Waals surface area (Å²) in [4.78, 5) is 4.39. The average Bonchev–Trinajstić information content (AvgIpc) is 2.11. The zero-order chi connectivity index (χ0) is 7.78. The molecular formula is C6H9NO2S. The quantitative estimate of drug-likeness (QED) is 0.590. The number of aromatic nitrogens is 1. The molecule has 56 valence electrons. The Kier molecular flexibility index (Phi) is 1.76. The van der Waals surface area contributed by atoms with Gasteiger partial charge in [0.15, 0.2) is 5.79 Å². The summed E-state index contributed by atoms with van der Waals surface area (Å²) in [5.74, 6) is -1.73. The second-order valence-corrected chi connectivity index (χ2v) is 3.14. The fraction of sp³-hybridized carbons (Fsp3) is 0.500. The minimum Gasteiger partial charge on any atom is -0.361 e. The lowest BCUT2D eigenvalue weighted by Crippen LogP contribution is -2.19. The summed E-state index contributed by atoms with van der Waals surface area (Å²) in [6, 6.07) is 0. The Morgan fingerprint density at radius 1 is 1.60 bits per heavy atom. The van der Waals surface area contributed by atoms with Crippen molar-refractivity contribution < 1.29 is 10.2 Å². The topological polar surface area (TPSA) is 53.4 Å². The Labute approximate surface area is 63.0 Å². The highest BCUT2D eigenvalue weighted by Gasteiger charge is 2.22. The Morgan fingerprint density at radius 2 is 2.20 bits per heavy atom. The van der Waals surface area contributed by atoms with E-state index in [4.69, 9.17) is 10.2 Å². The molecule has 0 amide bonds. The molecule has 4 heteroatoms. The number of hydrogen-bond donors (Lipinski definition) is 2. The van der Waals surface area contributed by atoms with E-state index in [1.807, 2.05) is 0 Å². The van der Waals surface area contributed by atoms with Crippen molar-refractivity contribution in [3.8, 4) is 0 Å². The third-order valence-electron chi connectivity index (χ3n) is 1.18. The minimum atomic E-state index is -1.73. The molecule has 0 bridgehead atoms. The van der Waals surface area contributed by atoms with Crippen LogP contribution >= 0.6 is 11.3 Å². The maximum atomic E-state index is 9.08. The van der Waals surface area contributed by atoms with Gasteiger partial charge in [0.05, 0.1) is 16.1 Å². The molecule has 0 radical (unpaired) electrons. The van der Waals surface area contributed by atoms with Gasteiger partial charge in [0.1, 0.15) is 0 Å². The summed E-state index contributed by atoms with van der Waals surface area (Å²) in [6.45, 7) is 3.07. The average molecular weight is 159 g/mol. The lowest BCUT2D eigenvalue weighted by Gasteiger charge is -2.13. The fourth-order valence-electron chi connectivity index (χ4n) is 0.756. The summed E-state index contributed by atoms with van der Waals surface area (Å²) in [6.07, 6.45) is 0.